The number of rotatable bonds is 5. The smallest absolute Gasteiger partial charge is 0.339 e. The molecule has 2 atom stereocenters. The van der Waals surface area contributed by atoms with E-state index in [2.05, 4.69) is 10.3 Å². The first-order valence-electron chi connectivity index (χ1n) is 10.5. The number of hydrogen-bond donors (Lipinski definition) is 2. The van der Waals surface area contributed by atoms with Gasteiger partial charge in [0.15, 0.2) is 6.10 Å². The highest BCUT2D eigenvalue weighted by atomic mass is 35.5. The van der Waals surface area contributed by atoms with Gasteiger partial charge in [-0.05, 0) is 34.9 Å². The van der Waals surface area contributed by atoms with Gasteiger partial charge in [0.25, 0.3) is 5.91 Å². The van der Waals surface area contributed by atoms with Gasteiger partial charge in [0.2, 0.25) is 0 Å². The molecule has 4 aromatic rings. The van der Waals surface area contributed by atoms with E-state index >= 15 is 0 Å². The Bertz CT molecular complexity index is 1310. The minimum Gasteiger partial charge on any atom is -0.448 e. The van der Waals surface area contributed by atoms with Crippen LogP contribution < -0.4 is 5.32 Å². The third-order valence-electron chi connectivity index (χ3n) is 5.94. The summed E-state index contributed by atoms with van der Waals surface area (Å²) in [7, 11) is 0. The Labute approximate surface area is 190 Å². The minimum atomic E-state index is -0.854. The van der Waals surface area contributed by atoms with Crippen LogP contribution >= 0.6 is 11.6 Å². The van der Waals surface area contributed by atoms with Crippen molar-refractivity contribution in [2.45, 2.75) is 18.4 Å². The molecule has 6 heteroatoms. The summed E-state index contributed by atoms with van der Waals surface area (Å²) in [6.45, 7) is 0.320. The van der Waals surface area contributed by atoms with E-state index in [9.17, 15) is 9.59 Å². The van der Waals surface area contributed by atoms with Crippen LogP contribution in [-0.4, -0.2) is 29.5 Å². The summed E-state index contributed by atoms with van der Waals surface area (Å²) in [5.41, 5.74) is 4.32. The van der Waals surface area contributed by atoms with Gasteiger partial charge < -0.3 is 15.0 Å². The van der Waals surface area contributed by atoms with E-state index in [0.717, 1.165) is 27.6 Å². The second-order valence-corrected chi connectivity index (χ2v) is 8.27. The van der Waals surface area contributed by atoms with Gasteiger partial charge in [-0.15, -0.1) is 0 Å². The monoisotopic (exact) mass is 444 g/mol. The number of cyclic esters (lactones) is 1. The summed E-state index contributed by atoms with van der Waals surface area (Å²) >= 11 is 6.53. The zero-order valence-corrected chi connectivity index (χ0v) is 17.9. The number of aromatic amines is 1. The molecule has 5 nitrogen and oxygen atoms in total. The van der Waals surface area contributed by atoms with Crippen LogP contribution in [0.2, 0.25) is 5.02 Å². The summed E-state index contributed by atoms with van der Waals surface area (Å²) in [5.74, 6) is -0.952. The molecule has 0 radical (unpaired) electrons. The molecule has 0 saturated carbocycles. The van der Waals surface area contributed by atoms with Crippen molar-refractivity contribution < 1.29 is 14.3 Å². The van der Waals surface area contributed by atoms with Gasteiger partial charge in [0.1, 0.15) is 0 Å². The van der Waals surface area contributed by atoms with E-state index in [1.807, 2.05) is 66.9 Å². The maximum Gasteiger partial charge on any atom is 0.339 e. The molecule has 3 aromatic carbocycles. The van der Waals surface area contributed by atoms with Crippen LogP contribution in [0, 0.1) is 0 Å². The molecule has 2 N–H and O–H groups in total. The molecule has 0 fully saturated rings. The number of carbonyl (C=O) groups is 2. The van der Waals surface area contributed by atoms with Crippen molar-refractivity contribution >= 4 is 34.4 Å². The highest BCUT2D eigenvalue weighted by Crippen LogP contribution is 2.34. The van der Waals surface area contributed by atoms with Gasteiger partial charge in [0.05, 0.1) is 5.56 Å². The highest BCUT2D eigenvalue weighted by molar-refractivity contribution is 6.31. The number of ether oxygens (including phenoxy) is 1. The van der Waals surface area contributed by atoms with Crippen LogP contribution in [-0.2, 0) is 16.0 Å². The third kappa shape index (κ3) is 3.76. The normalized spacial score (nSPS) is 16.3. The van der Waals surface area contributed by atoms with E-state index in [0.29, 0.717) is 23.6 Å². The van der Waals surface area contributed by atoms with E-state index in [4.69, 9.17) is 16.3 Å². The molecule has 32 heavy (non-hydrogen) atoms. The van der Waals surface area contributed by atoms with Crippen LogP contribution in [0.5, 0.6) is 0 Å². The minimum absolute atomic E-state index is 0.171. The van der Waals surface area contributed by atoms with E-state index < -0.39 is 12.1 Å². The Morgan fingerprint density at radius 2 is 1.78 bits per heavy atom. The number of H-pyrrole nitrogens is 1. The van der Waals surface area contributed by atoms with Gasteiger partial charge in [-0.2, -0.15) is 0 Å². The molecule has 0 saturated heterocycles. The molecular formula is C26H21ClN2O3. The van der Waals surface area contributed by atoms with E-state index in [1.54, 1.807) is 12.1 Å². The molecule has 1 amide bonds. The standard InChI is InChI=1S/C26H21ClN2O3/c27-22-11-5-3-9-18(22)20(21-14-28-23-12-6-4-10-19(21)23)15-29-25(30)24-13-16-7-1-2-8-17(16)26(31)32-24/h1-12,14,20,24,28H,13,15H2,(H,29,30)/t20-,24+/m1/s1. The largest absolute Gasteiger partial charge is 0.448 e. The summed E-state index contributed by atoms with van der Waals surface area (Å²) in [4.78, 5) is 28.6. The zero-order chi connectivity index (χ0) is 22.1. The number of amides is 1. The van der Waals surface area contributed by atoms with Crippen LogP contribution in [0.4, 0.5) is 0 Å². The first kappa shape index (κ1) is 20.3. The lowest BCUT2D eigenvalue weighted by Crippen LogP contribution is -2.43. The molecule has 1 aromatic heterocycles. The first-order chi connectivity index (χ1) is 15.6. The first-order valence-corrected chi connectivity index (χ1v) is 10.9. The fourth-order valence-corrected chi connectivity index (χ4v) is 4.59. The molecule has 0 bridgehead atoms. The second-order valence-electron chi connectivity index (χ2n) is 7.86. The van der Waals surface area contributed by atoms with Crippen molar-refractivity contribution in [1.82, 2.24) is 10.3 Å². The SMILES string of the molecule is O=C1O[C@H](C(=O)NC[C@H](c2ccccc2Cl)c2c[nH]c3ccccc23)Cc2ccccc21. The van der Waals surface area contributed by atoms with Gasteiger partial charge in [0, 0.05) is 41.0 Å². The number of halogens is 1. The number of para-hydroxylation sites is 1. The van der Waals surface area contributed by atoms with E-state index in [-0.39, 0.29) is 11.8 Å². The summed E-state index contributed by atoms with van der Waals surface area (Å²) in [6.07, 6.45) is 1.46. The number of nitrogens with one attached hydrogen (secondary N) is 2. The fourth-order valence-electron chi connectivity index (χ4n) is 4.32. The molecule has 5 rings (SSSR count). The van der Waals surface area contributed by atoms with Gasteiger partial charge in [-0.1, -0.05) is 66.2 Å². The molecule has 160 valence electrons. The van der Waals surface area contributed by atoms with Crippen molar-refractivity contribution in [2.75, 3.05) is 6.54 Å². The maximum absolute atomic E-state index is 13.0. The third-order valence-corrected chi connectivity index (χ3v) is 6.29. The Kier molecular flexibility index (Phi) is 5.41. The van der Waals surface area contributed by atoms with Crippen molar-refractivity contribution in [2.24, 2.45) is 0 Å². The van der Waals surface area contributed by atoms with Gasteiger partial charge >= 0.3 is 5.97 Å². The lowest BCUT2D eigenvalue weighted by molar-refractivity contribution is -0.130. The van der Waals surface area contributed by atoms with Crippen LogP contribution in [0.25, 0.3) is 10.9 Å². The number of esters is 1. The highest BCUT2D eigenvalue weighted by Gasteiger charge is 2.31. The maximum atomic E-state index is 13.0. The Morgan fingerprint density at radius 1 is 1.03 bits per heavy atom. The molecule has 0 aliphatic carbocycles. The van der Waals surface area contributed by atoms with Crippen molar-refractivity contribution in [3.8, 4) is 0 Å². The molecule has 1 aliphatic rings. The Hall–Kier alpha value is -3.57. The van der Waals surface area contributed by atoms with Crippen LogP contribution in [0.3, 0.4) is 0 Å². The van der Waals surface area contributed by atoms with Crippen molar-refractivity contribution in [3.05, 3.63) is 106 Å². The van der Waals surface area contributed by atoms with Crippen molar-refractivity contribution in [3.63, 3.8) is 0 Å². The molecule has 1 aliphatic heterocycles. The van der Waals surface area contributed by atoms with Gasteiger partial charge in [-0.25, -0.2) is 4.79 Å². The summed E-state index contributed by atoms with van der Waals surface area (Å²) < 4.78 is 5.41. The van der Waals surface area contributed by atoms with Crippen LogP contribution in [0.15, 0.2) is 79.0 Å². The van der Waals surface area contributed by atoms with Crippen LogP contribution in [0.1, 0.15) is 33.0 Å². The molecule has 0 spiro atoms. The topological polar surface area (TPSA) is 71.2 Å². The predicted octanol–water partition coefficient (Wildman–Crippen LogP) is 4.85. The lowest BCUT2D eigenvalue weighted by Gasteiger charge is -2.25. The fraction of sp³-hybridized carbons (Fsp3) is 0.154. The average Bonchev–Trinajstić information content (AvgIpc) is 3.24. The molecule has 0 unspecified atom stereocenters. The van der Waals surface area contributed by atoms with Crippen molar-refractivity contribution in [1.29, 1.82) is 0 Å². The van der Waals surface area contributed by atoms with E-state index in [1.165, 1.54) is 0 Å². The quantitative estimate of drug-likeness (QED) is 0.432. The number of aromatic nitrogens is 1. The number of fused-ring (bicyclic) bond motifs is 2. The van der Waals surface area contributed by atoms with Gasteiger partial charge in [-0.3, -0.25) is 4.79 Å². The second kappa shape index (κ2) is 8.52. The summed E-state index contributed by atoms with van der Waals surface area (Å²) in [6, 6.07) is 22.9. The number of carbonyl (C=O) groups excluding carboxylic acids is 2. The molecule has 2 heterocycles. The summed E-state index contributed by atoms with van der Waals surface area (Å²) in [5, 5.41) is 4.70. The number of hydrogen-bond acceptors (Lipinski definition) is 3. The number of benzene rings is 3. The Morgan fingerprint density at radius 3 is 2.66 bits per heavy atom. The average molecular weight is 445 g/mol. The lowest BCUT2D eigenvalue weighted by atomic mass is 9.90. The predicted molar refractivity (Wildman–Crippen MR) is 124 cm³/mol. The molecular weight excluding hydrogens is 424 g/mol. The zero-order valence-electron chi connectivity index (χ0n) is 17.2. The Balaban J connectivity index is 1.41.